The molecule has 3 rings (SSSR count). The molecule has 0 unspecified atom stereocenters. The predicted molar refractivity (Wildman–Crippen MR) is 85.7 cm³/mol. The fraction of sp³-hybridized carbons (Fsp3) is 0.333. The van der Waals surface area contributed by atoms with E-state index in [1.165, 1.54) is 4.88 Å². The minimum Gasteiger partial charge on any atom is -0.312 e. The molecular weight excluding hydrogens is 290 g/mol. The van der Waals surface area contributed by atoms with Gasteiger partial charge in [-0.05, 0) is 51.4 Å². The summed E-state index contributed by atoms with van der Waals surface area (Å²) in [6.07, 6.45) is 0. The summed E-state index contributed by atoms with van der Waals surface area (Å²) in [5.41, 5.74) is 4.13. The second-order valence-electron chi connectivity index (χ2n) is 5.18. The molecule has 5 heteroatoms. The number of hydrogen-bond acceptors (Lipinski definition) is 3. The van der Waals surface area contributed by atoms with Crippen LogP contribution in [0.1, 0.15) is 30.5 Å². The topological polar surface area (TPSA) is 30.7 Å². The standard InChI is InChI=1S/C15H16ClN3S/c1-8(2)19-12-7-5-6-11(13(12)18-15(19)16)14-17-9(3)10(4)20-14/h5-8H,1-4H3. The zero-order chi connectivity index (χ0) is 14.4. The third-order valence-electron chi connectivity index (χ3n) is 3.45. The van der Waals surface area contributed by atoms with E-state index in [0.29, 0.717) is 5.28 Å². The lowest BCUT2D eigenvalue weighted by Crippen LogP contribution is -1.99. The molecule has 0 saturated heterocycles. The van der Waals surface area contributed by atoms with Gasteiger partial charge >= 0.3 is 0 Å². The highest BCUT2D eigenvalue weighted by molar-refractivity contribution is 7.15. The molecule has 3 aromatic rings. The van der Waals surface area contributed by atoms with Crippen LogP contribution in [0.15, 0.2) is 18.2 Å². The number of halogens is 1. The first-order valence-corrected chi connectivity index (χ1v) is 7.79. The Labute approximate surface area is 127 Å². The lowest BCUT2D eigenvalue weighted by atomic mass is 10.2. The van der Waals surface area contributed by atoms with Crippen LogP contribution >= 0.6 is 22.9 Å². The number of aromatic nitrogens is 3. The molecule has 0 aliphatic heterocycles. The number of rotatable bonds is 2. The lowest BCUT2D eigenvalue weighted by Gasteiger charge is -2.09. The van der Waals surface area contributed by atoms with Gasteiger partial charge in [-0.2, -0.15) is 0 Å². The first-order chi connectivity index (χ1) is 9.49. The molecule has 20 heavy (non-hydrogen) atoms. The van der Waals surface area contributed by atoms with Crippen molar-refractivity contribution in [1.29, 1.82) is 0 Å². The van der Waals surface area contributed by atoms with E-state index in [-0.39, 0.29) is 6.04 Å². The SMILES string of the molecule is Cc1nc(-c2cccc3c2nc(Cl)n3C(C)C)sc1C. The minimum absolute atomic E-state index is 0.280. The normalized spacial score (nSPS) is 11.7. The first kappa shape index (κ1) is 13.6. The van der Waals surface area contributed by atoms with Gasteiger partial charge in [0.05, 0.1) is 11.2 Å². The van der Waals surface area contributed by atoms with Gasteiger partial charge < -0.3 is 4.57 Å². The van der Waals surface area contributed by atoms with Crippen molar-refractivity contribution in [3.05, 3.63) is 34.1 Å². The molecule has 0 radical (unpaired) electrons. The summed E-state index contributed by atoms with van der Waals surface area (Å²) in [5.74, 6) is 0. The number of fused-ring (bicyclic) bond motifs is 1. The molecule has 1 aromatic carbocycles. The maximum Gasteiger partial charge on any atom is 0.204 e. The van der Waals surface area contributed by atoms with Gasteiger partial charge in [-0.15, -0.1) is 11.3 Å². The quantitative estimate of drug-likeness (QED) is 0.666. The number of thiazole rings is 1. The number of imidazole rings is 1. The van der Waals surface area contributed by atoms with Crippen molar-refractivity contribution in [2.75, 3.05) is 0 Å². The molecule has 3 nitrogen and oxygen atoms in total. The average molecular weight is 306 g/mol. The molecule has 0 bridgehead atoms. The Morgan fingerprint density at radius 3 is 2.55 bits per heavy atom. The summed E-state index contributed by atoms with van der Waals surface area (Å²) in [6.45, 7) is 8.35. The Hall–Kier alpha value is -1.39. The third-order valence-corrected chi connectivity index (χ3v) is 4.83. The van der Waals surface area contributed by atoms with Crippen LogP contribution in [0.5, 0.6) is 0 Å². The maximum atomic E-state index is 6.29. The van der Waals surface area contributed by atoms with Crippen LogP contribution in [0.3, 0.4) is 0 Å². The molecule has 0 aliphatic rings. The van der Waals surface area contributed by atoms with E-state index < -0.39 is 0 Å². The fourth-order valence-corrected chi connectivity index (χ4v) is 3.65. The highest BCUT2D eigenvalue weighted by Crippen LogP contribution is 2.34. The summed E-state index contributed by atoms with van der Waals surface area (Å²) in [7, 11) is 0. The lowest BCUT2D eigenvalue weighted by molar-refractivity contribution is 0.618. The van der Waals surface area contributed by atoms with Gasteiger partial charge in [0.25, 0.3) is 0 Å². The molecule has 2 heterocycles. The molecule has 0 fully saturated rings. The number of hydrogen-bond donors (Lipinski definition) is 0. The highest BCUT2D eigenvalue weighted by atomic mass is 35.5. The summed E-state index contributed by atoms with van der Waals surface area (Å²) in [5, 5.41) is 1.54. The monoisotopic (exact) mass is 305 g/mol. The number of benzene rings is 1. The van der Waals surface area contributed by atoms with E-state index in [4.69, 9.17) is 11.6 Å². The van der Waals surface area contributed by atoms with Crippen LogP contribution in [0.2, 0.25) is 5.28 Å². The maximum absolute atomic E-state index is 6.29. The van der Waals surface area contributed by atoms with Crippen molar-refractivity contribution >= 4 is 34.0 Å². The van der Waals surface area contributed by atoms with E-state index in [1.54, 1.807) is 11.3 Å². The molecule has 0 spiro atoms. The van der Waals surface area contributed by atoms with Gasteiger partial charge in [0.1, 0.15) is 10.5 Å². The number of aryl methyl sites for hydroxylation is 2. The van der Waals surface area contributed by atoms with Crippen LogP contribution in [-0.2, 0) is 0 Å². The van der Waals surface area contributed by atoms with Gasteiger partial charge in [-0.25, -0.2) is 9.97 Å². The first-order valence-electron chi connectivity index (χ1n) is 6.60. The average Bonchev–Trinajstić information content (AvgIpc) is 2.88. The molecule has 0 saturated carbocycles. The van der Waals surface area contributed by atoms with Gasteiger partial charge in [-0.1, -0.05) is 6.07 Å². The number of para-hydroxylation sites is 1. The summed E-state index contributed by atoms with van der Waals surface area (Å²) in [4.78, 5) is 10.4. The van der Waals surface area contributed by atoms with Crippen molar-refractivity contribution in [1.82, 2.24) is 14.5 Å². The van der Waals surface area contributed by atoms with Crippen LogP contribution in [-0.4, -0.2) is 14.5 Å². The van der Waals surface area contributed by atoms with Crippen LogP contribution in [0.4, 0.5) is 0 Å². The fourth-order valence-electron chi connectivity index (χ4n) is 2.34. The van der Waals surface area contributed by atoms with Crippen LogP contribution in [0.25, 0.3) is 21.6 Å². The predicted octanol–water partition coefficient (Wildman–Crippen LogP) is 5.01. The molecule has 0 N–H and O–H groups in total. The Morgan fingerprint density at radius 2 is 1.95 bits per heavy atom. The summed E-state index contributed by atoms with van der Waals surface area (Å²) in [6, 6.07) is 6.45. The smallest absolute Gasteiger partial charge is 0.204 e. The van der Waals surface area contributed by atoms with Crippen LogP contribution in [0, 0.1) is 13.8 Å². The van der Waals surface area contributed by atoms with Crippen LogP contribution < -0.4 is 0 Å². The van der Waals surface area contributed by atoms with Crippen molar-refractivity contribution in [2.24, 2.45) is 0 Å². The highest BCUT2D eigenvalue weighted by Gasteiger charge is 2.17. The van der Waals surface area contributed by atoms with E-state index >= 15 is 0 Å². The molecule has 0 aliphatic carbocycles. The van der Waals surface area contributed by atoms with Crippen molar-refractivity contribution < 1.29 is 0 Å². The van der Waals surface area contributed by atoms with Gasteiger partial charge in [0.2, 0.25) is 5.28 Å². The summed E-state index contributed by atoms with van der Waals surface area (Å²) >= 11 is 8.00. The van der Waals surface area contributed by atoms with Gasteiger partial charge in [-0.3, -0.25) is 0 Å². The molecular formula is C15H16ClN3S. The Balaban J connectivity index is 2.30. The van der Waals surface area contributed by atoms with E-state index in [1.807, 2.05) is 17.6 Å². The Morgan fingerprint density at radius 1 is 1.20 bits per heavy atom. The zero-order valence-electron chi connectivity index (χ0n) is 11.9. The minimum atomic E-state index is 0.280. The molecule has 2 aromatic heterocycles. The largest absolute Gasteiger partial charge is 0.312 e. The second kappa shape index (κ2) is 4.86. The van der Waals surface area contributed by atoms with Gasteiger partial charge in [0, 0.05) is 16.5 Å². The zero-order valence-corrected chi connectivity index (χ0v) is 13.5. The van der Waals surface area contributed by atoms with Crippen molar-refractivity contribution in [3.8, 4) is 10.6 Å². The van der Waals surface area contributed by atoms with Crippen molar-refractivity contribution in [3.63, 3.8) is 0 Å². The second-order valence-corrected chi connectivity index (χ2v) is 6.72. The van der Waals surface area contributed by atoms with E-state index in [0.717, 1.165) is 27.3 Å². The van der Waals surface area contributed by atoms with E-state index in [9.17, 15) is 0 Å². The Kier molecular flexibility index (Phi) is 3.30. The number of nitrogens with zero attached hydrogens (tertiary/aromatic N) is 3. The Bertz CT molecular complexity index is 766. The molecule has 0 atom stereocenters. The third kappa shape index (κ3) is 2.03. The van der Waals surface area contributed by atoms with Crippen molar-refractivity contribution in [2.45, 2.75) is 33.7 Å². The molecule has 0 amide bonds. The van der Waals surface area contributed by atoms with Gasteiger partial charge in [0.15, 0.2) is 0 Å². The van der Waals surface area contributed by atoms with E-state index in [2.05, 4.69) is 42.9 Å². The molecule has 104 valence electrons. The summed E-state index contributed by atoms with van der Waals surface area (Å²) < 4.78 is 2.05.